The average Bonchev–Trinajstić information content (AvgIpc) is 3.01. The molecule has 1 aliphatic rings. The van der Waals surface area contributed by atoms with Crippen LogP contribution in [0.1, 0.15) is 54.1 Å². The van der Waals surface area contributed by atoms with Gasteiger partial charge in [-0.15, -0.1) is 0 Å². The summed E-state index contributed by atoms with van der Waals surface area (Å²) in [5.41, 5.74) is 2.39. The van der Waals surface area contributed by atoms with Crippen molar-refractivity contribution < 1.29 is 14.1 Å². The molecule has 5 nitrogen and oxygen atoms in total. The number of amides is 1. The van der Waals surface area contributed by atoms with Crippen molar-refractivity contribution in [3.8, 4) is 5.75 Å². The van der Waals surface area contributed by atoms with Crippen LogP contribution in [0.15, 0.2) is 28.8 Å². The van der Waals surface area contributed by atoms with Gasteiger partial charge in [0.2, 0.25) is 0 Å². The van der Waals surface area contributed by atoms with E-state index in [1.54, 1.807) is 0 Å². The minimum atomic E-state index is -0.0521. The van der Waals surface area contributed by atoms with Gasteiger partial charge in [-0.25, -0.2) is 0 Å². The molecule has 0 bridgehead atoms. The summed E-state index contributed by atoms with van der Waals surface area (Å²) in [7, 11) is 0. The Hall–Kier alpha value is -2.30. The monoisotopic (exact) mass is 342 g/mol. The van der Waals surface area contributed by atoms with Gasteiger partial charge in [0.1, 0.15) is 18.1 Å². The fourth-order valence-corrected chi connectivity index (χ4v) is 3.07. The Morgan fingerprint density at radius 3 is 2.60 bits per heavy atom. The maximum atomic E-state index is 12.8. The molecule has 1 aromatic carbocycles. The van der Waals surface area contributed by atoms with Crippen molar-refractivity contribution in [2.45, 2.75) is 46.6 Å². The number of carbonyl (C=O) groups is 1. The highest BCUT2D eigenvalue weighted by Crippen LogP contribution is 2.22. The van der Waals surface area contributed by atoms with Crippen molar-refractivity contribution in [2.75, 3.05) is 13.1 Å². The van der Waals surface area contributed by atoms with E-state index in [9.17, 15) is 4.79 Å². The molecule has 1 fully saturated rings. The van der Waals surface area contributed by atoms with E-state index in [1.165, 1.54) is 5.56 Å². The van der Waals surface area contributed by atoms with Gasteiger partial charge >= 0.3 is 0 Å². The lowest BCUT2D eigenvalue weighted by atomic mass is 9.99. The van der Waals surface area contributed by atoms with Crippen molar-refractivity contribution in [1.29, 1.82) is 0 Å². The lowest BCUT2D eigenvalue weighted by Gasteiger charge is -2.29. The molecule has 3 rings (SSSR count). The van der Waals surface area contributed by atoms with Crippen LogP contribution in [-0.2, 0) is 13.0 Å². The van der Waals surface area contributed by atoms with Gasteiger partial charge in [-0.3, -0.25) is 4.79 Å². The summed E-state index contributed by atoms with van der Waals surface area (Å²) in [4.78, 5) is 14.7. The first-order valence-electron chi connectivity index (χ1n) is 9.04. The molecule has 0 spiro atoms. The first-order chi connectivity index (χ1) is 12.1. The molecule has 2 heterocycles. The SMILES string of the molecule is CCc1ccc(OCc2c(C(=O)N3CCC(C)CC3)noc2C)cc1. The smallest absolute Gasteiger partial charge is 0.276 e. The van der Waals surface area contributed by atoms with E-state index < -0.39 is 0 Å². The van der Waals surface area contributed by atoms with E-state index in [-0.39, 0.29) is 12.5 Å². The predicted octanol–water partition coefficient (Wildman–Crippen LogP) is 4.00. The molecular formula is C20H26N2O3. The lowest BCUT2D eigenvalue weighted by Crippen LogP contribution is -2.38. The number of nitrogens with zero attached hydrogens (tertiary/aromatic N) is 2. The molecule has 134 valence electrons. The van der Waals surface area contributed by atoms with Crippen LogP contribution < -0.4 is 4.74 Å². The van der Waals surface area contributed by atoms with Gasteiger partial charge in [0, 0.05) is 13.1 Å². The van der Waals surface area contributed by atoms with Gasteiger partial charge in [0.25, 0.3) is 5.91 Å². The van der Waals surface area contributed by atoms with Gasteiger partial charge in [-0.1, -0.05) is 31.1 Å². The van der Waals surface area contributed by atoms with Crippen LogP contribution in [0.5, 0.6) is 5.75 Å². The van der Waals surface area contributed by atoms with Gasteiger partial charge in [-0.05, 0) is 49.8 Å². The van der Waals surface area contributed by atoms with Crippen molar-refractivity contribution in [3.63, 3.8) is 0 Å². The zero-order chi connectivity index (χ0) is 17.8. The Labute approximate surface area is 148 Å². The zero-order valence-electron chi connectivity index (χ0n) is 15.2. The Balaban J connectivity index is 1.69. The molecule has 0 N–H and O–H groups in total. The molecule has 0 radical (unpaired) electrons. The highest BCUT2D eigenvalue weighted by atomic mass is 16.5. The molecule has 1 saturated heterocycles. The third kappa shape index (κ3) is 4.03. The molecule has 1 amide bonds. The quantitative estimate of drug-likeness (QED) is 0.824. The molecule has 0 unspecified atom stereocenters. The summed E-state index contributed by atoms with van der Waals surface area (Å²) in [6, 6.07) is 8.01. The number of ether oxygens (including phenoxy) is 1. The first-order valence-corrected chi connectivity index (χ1v) is 9.04. The first kappa shape index (κ1) is 17.5. The number of benzene rings is 1. The lowest BCUT2D eigenvalue weighted by molar-refractivity contribution is 0.0684. The predicted molar refractivity (Wildman–Crippen MR) is 95.7 cm³/mol. The molecule has 0 atom stereocenters. The highest BCUT2D eigenvalue weighted by Gasteiger charge is 2.27. The highest BCUT2D eigenvalue weighted by molar-refractivity contribution is 5.93. The summed E-state index contributed by atoms with van der Waals surface area (Å²) >= 11 is 0. The number of hydrogen-bond donors (Lipinski definition) is 0. The van der Waals surface area contributed by atoms with Crippen LogP contribution in [0.3, 0.4) is 0 Å². The molecule has 1 aliphatic heterocycles. The van der Waals surface area contributed by atoms with Crippen LogP contribution >= 0.6 is 0 Å². The van der Waals surface area contributed by atoms with Crippen molar-refractivity contribution in [1.82, 2.24) is 10.1 Å². The normalized spacial score (nSPS) is 15.4. The van der Waals surface area contributed by atoms with Crippen LogP contribution in [0.2, 0.25) is 0 Å². The number of aromatic nitrogens is 1. The molecule has 5 heteroatoms. The van der Waals surface area contributed by atoms with E-state index in [2.05, 4.69) is 31.1 Å². The van der Waals surface area contributed by atoms with Gasteiger partial charge in [0.05, 0.1) is 5.56 Å². The summed E-state index contributed by atoms with van der Waals surface area (Å²) in [5, 5.41) is 4.00. The average molecular weight is 342 g/mol. The number of carbonyl (C=O) groups excluding carboxylic acids is 1. The van der Waals surface area contributed by atoms with Crippen LogP contribution in [0.25, 0.3) is 0 Å². The second-order valence-corrected chi connectivity index (χ2v) is 6.83. The largest absolute Gasteiger partial charge is 0.489 e. The third-order valence-electron chi connectivity index (χ3n) is 4.97. The minimum Gasteiger partial charge on any atom is -0.489 e. The van der Waals surface area contributed by atoms with Crippen LogP contribution in [-0.4, -0.2) is 29.1 Å². The second kappa shape index (κ2) is 7.72. The fourth-order valence-electron chi connectivity index (χ4n) is 3.07. The summed E-state index contributed by atoms with van der Waals surface area (Å²) < 4.78 is 11.1. The van der Waals surface area contributed by atoms with E-state index in [1.807, 2.05) is 24.0 Å². The number of likely N-dealkylation sites (tertiary alicyclic amines) is 1. The molecule has 2 aromatic rings. The Morgan fingerprint density at radius 1 is 1.28 bits per heavy atom. The van der Waals surface area contributed by atoms with Gasteiger partial charge < -0.3 is 14.2 Å². The molecule has 0 aliphatic carbocycles. The fraction of sp³-hybridized carbons (Fsp3) is 0.500. The number of aryl methyl sites for hydroxylation is 2. The Morgan fingerprint density at radius 2 is 1.96 bits per heavy atom. The van der Waals surface area contributed by atoms with Crippen molar-refractivity contribution in [3.05, 3.63) is 46.8 Å². The third-order valence-corrected chi connectivity index (χ3v) is 4.97. The standard InChI is InChI=1S/C20H26N2O3/c1-4-16-5-7-17(8-6-16)24-13-18-15(3)25-21-19(18)20(23)22-11-9-14(2)10-12-22/h5-8,14H,4,9-13H2,1-3H3. The molecular weight excluding hydrogens is 316 g/mol. The number of rotatable bonds is 5. The van der Waals surface area contributed by atoms with Gasteiger partial charge in [0.15, 0.2) is 5.69 Å². The van der Waals surface area contributed by atoms with Crippen LogP contribution in [0, 0.1) is 12.8 Å². The Kier molecular flexibility index (Phi) is 5.41. The second-order valence-electron chi connectivity index (χ2n) is 6.83. The number of hydrogen-bond acceptors (Lipinski definition) is 4. The maximum absolute atomic E-state index is 12.8. The molecule has 25 heavy (non-hydrogen) atoms. The van der Waals surface area contributed by atoms with Gasteiger partial charge in [-0.2, -0.15) is 0 Å². The van der Waals surface area contributed by atoms with Crippen LogP contribution in [0.4, 0.5) is 0 Å². The van der Waals surface area contributed by atoms with E-state index in [4.69, 9.17) is 9.26 Å². The van der Waals surface area contributed by atoms with Crippen molar-refractivity contribution in [2.24, 2.45) is 5.92 Å². The topological polar surface area (TPSA) is 55.6 Å². The summed E-state index contributed by atoms with van der Waals surface area (Å²) in [6.07, 6.45) is 3.08. The number of piperidine rings is 1. The van der Waals surface area contributed by atoms with E-state index in [0.29, 0.717) is 17.4 Å². The van der Waals surface area contributed by atoms with Crippen molar-refractivity contribution >= 4 is 5.91 Å². The molecule has 0 saturated carbocycles. The molecule has 1 aromatic heterocycles. The summed E-state index contributed by atoms with van der Waals surface area (Å²) in [5.74, 6) is 2.04. The maximum Gasteiger partial charge on any atom is 0.276 e. The summed E-state index contributed by atoms with van der Waals surface area (Å²) in [6.45, 7) is 8.02. The zero-order valence-corrected chi connectivity index (χ0v) is 15.2. The Bertz CT molecular complexity index is 713. The minimum absolute atomic E-state index is 0.0521. The van der Waals surface area contributed by atoms with E-state index in [0.717, 1.165) is 43.7 Å². The van der Waals surface area contributed by atoms with E-state index >= 15 is 0 Å².